The Kier molecular flexibility index (Phi) is 4.13. The van der Waals surface area contributed by atoms with Gasteiger partial charge in [-0.15, -0.1) is 0 Å². The Morgan fingerprint density at radius 3 is 2.05 bits per heavy atom. The maximum atomic E-state index is 11.4. The van der Waals surface area contributed by atoms with E-state index in [0.717, 1.165) is 11.3 Å². The third-order valence-corrected chi connectivity index (χ3v) is 4.75. The van der Waals surface area contributed by atoms with Crippen molar-refractivity contribution in [1.29, 1.82) is 0 Å². The van der Waals surface area contributed by atoms with Crippen LogP contribution in [0.1, 0.15) is 18.6 Å². The first-order chi connectivity index (χ1) is 8.88. The fourth-order valence-electron chi connectivity index (χ4n) is 2.24. The number of aliphatic hydroxyl groups excluding tert-OH is 1. The number of benzene rings is 1. The smallest absolute Gasteiger partial charge is 0.211 e. The molecule has 6 heteroatoms. The summed E-state index contributed by atoms with van der Waals surface area (Å²) in [6.45, 7) is 4.18. The van der Waals surface area contributed by atoms with Crippen molar-refractivity contribution in [2.45, 2.75) is 13.0 Å². The molecule has 0 bridgehead atoms. The van der Waals surface area contributed by atoms with Crippen LogP contribution < -0.4 is 4.90 Å². The van der Waals surface area contributed by atoms with Gasteiger partial charge >= 0.3 is 0 Å². The molecule has 2 rings (SSSR count). The van der Waals surface area contributed by atoms with Gasteiger partial charge in [0.15, 0.2) is 0 Å². The van der Waals surface area contributed by atoms with Crippen LogP contribution in [0, 0.1) is 0 Å². The van der Waals surface area contributed by atoms with Crippen LogP contribution in [0.25, 0.3) is 0 Å². The molecule has 0 aliphatic carbocycles. The monoisotopic (exact) mass is 284 g/mol. The van der Waals surface area contributed by atoms with Crippen molar-refractivity contribution in [1.82, 2.24) is 4.31 Å². The van der Waals surface area contributed by atoms with Gasteiger partial charge in [0.25, 0.3) is 0 Å². The summed E-state index contributed by atoms with van der Waals surface area (Å²) in [5.74, 6) is 0. The summed E-state index contributed by atoms with van der Waals surface area (Å²) in [5, 5.41) is 9.46. The number of rotatable bonds is 3. The first-order valence-electron chi connectivity index (χ1n) is 6.36. The summed E-state index contributed by atoms with van der Waals surface area (Å²) in [5.41, 5.74) is 1.95. The van der Waals surface area contributed by atoms with Gasteiger partial charge in [0.1, 0.15) is 0 Å². The third kappa shape index (κ3) is 3.46. The van der Waals surface area contributed by atoms with Gasteiger partial charge in [-0.25, -0.2) is 8.42 Å². The molecular formula is C13H20N2O3S. The van der Waals surface area contributed by atoms with Crippen LogP contribution >= 0.6 is 0 Å². The van der Waals surface area contributed by atoms with E-state index in [-0.39, 0.29) is 0 Å². The number of hydrogen-bond donors (Lipinski definition) is 1. The van der Waals surface area contributed by atoms with Gasteiger partial charge in [0.2, 0.25) is 10.0 Å². The van der Waals surface area contributed by atoms with E-state index in [2.05, 4.69) is 4.90 Å². The van der Waals surface area contributed by atoms with E-state index < -0.39 is 16.1 Å². The van der Waals surface area contributed by atoms with Crippen LogP contribution in [0.2, 0.25) is 0 Å². The zero-order valence-electron chi connectivity index (χ0n) is 11.3. The lowest BCUT2D eigenvalue weighted by atomic mass is 10.1. The minimum Gasteiger partial charge on any atom is -0.389 e. The van der Waals surface area contributed by atoms with Crippen molar-refractivity contribution in [2.24, 2.45) is 0 Å². The van der Waals surface area contributed by atoms with E-state index in [9.17, 15) is 13.5 Å². The molecule has 1 fully saturated rings. The van der Waals surface area contributed by atoms with Gasteiger partial charge in [-0.3, -0.25) is 0 Å². The van der Waals surface area contributed by atoms with Crippen molar-refractivity contribution < 1.29 is 13.5 Å². The molecule has 19 heavy (non-hydrogen) atoms. The minimum atomic E-state index is -3.08. The number of anilines is 1. The second-order valence-corrected chi connectivity index (χ2v) is 6.90. The lowest BCUT2D eigenvalue weighted by Crippen LogP contribution is -2.48. The number of nitrogens with zero attached hydrogens (tertiary/aromatic N) is 2. The summed E-state index contributed by atoms with van der Waals surface area (Å²) < 4.78 is 24.4. The van der Waals surface area contributed by atoms with Gasteiger partial charge in [-0.05, 0) is 24.6 Å². The largest absolute Gasteiger partial charge is 0.389 e. The van der Waals surface area contributed by atoms with Gasteiger partial charge in [-0.1, -0.05) is 12.1 Å². The fraction of sp³-hybridized carbons (Fsp3) is 0.538. The zero-order chi connectivity index (χ0) is 14.0. The van der Waals surface area contributed by atoms with Gasteiger partial charge in [0.05, 0.1) is 12.4 Å². The highest BCUT2D eigenvalue weighted by atomic mass is 32.2. The van der Waals surface area contributed by atoms with Crippen LogP contribution in [0.3, 0.4) is 0 Å². The molecule has 1 aromatic carbocycles. The maximum absolute atomic E-state index is 11.4. The molecule has 1 aromatic rings. The number of hydrogen-bond acceptors (Lipinski definition) is 4. The zero-order valence-corrected chi connectivity index (χ0v) is 12.1. The van der Waals surface area contributed by atoms with Crippen LogP contribution in [0.4, 0.5) is 5.69 Å². The normalized spacial score (nSPS) is 19.4. The predicted octanol–water partition coefficient (Wildman–Crippen LogP) is 0.821. The molecule has 0 radical (unpaired) electrons. The number of sulfonamides is 1. The molecule has 1 saturated heterocycles. The molecule has 0 spiro atoms. The minimum absolute atomic E-state index is 0.462. The quantitative estimate of drug-likeness (QED) is 0.893. The molecule has 5 nitrogen and oxygen atoms in total. The Bertz CT molecular complexity index is 517. The molecule has 1 heterocycles. The molecular weight excluding hydrogens is 264 g/mol. The second kappa shape index (κ2) is 5.48. The van der Waals surface area contributed by atoms with E-state index in [0.29, 0.717) is 26.2 Å². The molecule has 1 aliphatic heterocycles. The molecule has 0 unspecified atom stereocenters. The average Bonchev–Trinajstić information content (AvgIpc) is 2.38. The Morgan fingerprint density at radius 1 is 1.11 bits per heavy atom. The van der Waals surface area contributed by atoms with Crippen LogP contribution in [-0.4, -0.2) is 50.3 Å². The SMILES string of the molecule is C[C@@H](O)c1ccc(N2CCN(S(C)(=O)=O)CC2)cc1. The lowest BCUT2D eigenvalue weighted by Gasteiger charge is -2.34. The van der Waals surface area contributed by atoms with E-state index in [1.165, 1.54) is 10.6 Å². The average molecular weight is 284 g/mol. The Balaban J connectivity index is 2.02. The first kappa shape index (κ1) is 14.3. The van der Waals surface area contributed by atoms with Crippen LogP contribution in [0.5, 0.6) is 0 Å². The van der Waals surface area contributed by atoms with Crippen molar-refractivity contribution >= 4 is 15.7 Å². The molecule has 106 valence electrons. The highest BCUT2D eigenvalue weighted by Gasteiger charge is 2.23. The van der Waals surface area contributed by atoms with Crippen LogP contribution in [0.15, 0.2) is 24.3 Å². The molecule has 1 aliphatic rings. The summed E-state index contributed by atoms with van der Waals surface area (Å²) >= 11 is 0. The van der Waals surface area contributed by atoms with Crippen molar-refractivity contribution in [3.05, 3.63) is 29.8 Å². The molecule has 0 saturated carbocycles. The molecule has 1 N–H and O–H groups in total. The number of piperazine rings is 1. The highest BCUT2D eigenvalue weighted by molar-refractivity contribution is 7.88. The standard InChI is InChI=1S/C13H20N2O3S/c1-11(16)12-3-5-13(6-4-12)14-7-9-15(10-8-14)19(2,17)18/h3-6,11,16H,7-10H2,1-2H3/t11-/m1/s1. The Labute approximate surface area is 114 Å². The second-order valence-electron chi connectivity index (χ2n) is 4.92. The fourth-order valence-corrected chi connectivity index (χ4v) is 3.07. The highest BCUT2D eigenvalue weighted by Crippen LogP contribution is 2.20. The van der Waals surface area contributed by atoms with Crippen molar-refractivity contribution in [3.63, 3.8) is 0 Å². The number of aliphatic hydroxyl groups is 1. The van der Waals surface area contributed by atoms with Crippen molar-refractivity contribution in [3.8, 4) is 0 Å². The Morgan fingerprint density at radius 2 is 1.63 bits per heavy atom. The summed E-state index contributed by atoms with van der Waals surface area (Å²) in [4.78, 5) is 2.16. The van der Waals surface area contributed by atoms with Gasteiger partial charge < -0.3 is 10.0 Å². The molecule has 0 amide bonds. The van der Waals surface area contributed by atoms with Crippen molar-refractivity contribution in [2.75, 3.05) is 37.3 Å². The lowest BCUT2D eigenvalue weighted by molar-refractivity contribution is 0.199. The first-order valence-corrected chi connectivity index (χ1v) is 8.21. The van der Waals surface area contributed by atoms with Gasteiger partial charge in [0, 0.05) is 31.9 Å². The molecule has 1 atom stereocenters. The van der Waals surface area contributed by atoms with E-state index in [4.69, 9.17) is 0 Å². The van der Waals surface area contributed by atoms with E-state index >= 15 is 0 Å². The van der Waals surface area contributed by atoms with E-state index in [1.54, 1.807) is 6.92 Å². The Hall–Kier alpha value is -1.11. The van der Waals surface area contributed by atoms with Gasteiger partial charge in [-0.2, -0.15) is 4.31 Å². The summed E-state index contributed by atoms with van der Waals surface area (Å²) in [6.07, 6.45) is 0.788. The molecule has 0 aromatic heterocycles. The van der Waals surface area contributed by atoms with Crippen LogP contribution in [-0.2, 0) is 10.0 Å². The summed E-state index contributed by atoms with van der Waals surface area (Å²) in [7, 11) is -3.08. The summed E-state index contributed by atoms with van der Waals surface area (Å²) in [6, 6.07) is 7.75. The third-order valence-electron chi connectivity index (χ3n) is 3.45. The maximum Gasteiger partial charge on any atom is 0.211 e. The predicted molar refractivity (Wildman–Crippen MR) is 75.7 cm³/mol. The van der Waals surface area contributed by atoms with E-state index in [1.807, 2.05) is 24.3 Å². The topological polar surface area (TPSA) is 60.9 Å².